The normalized spacial score (nSPS) is 10.3. The summed E-state index contributed by atoms with van der Waals surface area (Å²) in [4.78, 5) is 16.5. The van der Waals surface area contributed by atoms with Crippen molar-refractivity contribution >= 4 is 50.6 Å². The Hall–Kier alpha value is -0.910. The predicted octanol–water partition coefficient (Wildman–Crippen LogP) is 4.12. The van der Waals surface area contributed by atoms with Gasteiger partial charge in [-0.3, -0.25) is 4.79 Å². The molecule has 0 unspecified atom stereocenters. The van der Waals surface area contributed by atoms with Crippen LogP contribution in [0, 0.1) is 6.92 Å². The van der Waals surface area contributed by atoms with Gasteiger partial charge in [0.1, 0.15) is 5.82 Å². The number of nitrogens with one attached hydrogen (secondary N) is 1. The molecule has 6 heteroatoms. The Kier molecular flexibility index (Phi) is 3.81. The number of carbonyl (C=O) groups is 1. The van der Waals surface area contributed by atoms with Crippen LogP contribution in [0.2, 0.25) is 5.02 Å². The standard InChI is InChI=1S/C11H8BrClN2OS/c1-6-4-8(17-10(6)12)11(16)15-9-5-7(13)2-3-14-9/h2-5H,1H3,(H,14,15,16). The van der Waals surface area contributed by atoms with E-state index < -0.39 is 0 Å². The molecule has 1 amide bonds. The lowest BCUT2D eigenvalue weighted by Crippen LogP contribution is -2.11. The molecule has 3 nitrogen and oxygen atoms in total. The quantitative estimate of drug-likeness (QED) is 0.899. The van der Waals surface area contributed by atoms with Gasteiger partial charge in [0, 0.05) is 11.2 Å². The van der Waals surface area contributed by atoms with Crippen LogP contribution in [0.1, 0.15) is 15.2 Å². The summed E-state index contributed by atoms with van der Waals surface area (Å²) in [6.07, 6.45) is 1.55. The van der Waals surface area contributed by atoms with Gasteiger partial charge in [0.25, 0.3) is 5.91 Å². The second kappa shape index (κ2) is 5.16. The zero-order chi connectivity index (χ0) is 12.4. The van der Waals surface area contributed by atoms with Crippen molar-refractivity contribution in [2.75, 3.05) is 5.32 Å². The molecule has 17 heavy (non-hydrogen) atoms. The van der Waals surface area contributed by atoms with Crippen molar-refractivity contribution in [3.05, 3.63) is 43.6 Å². The lowest BCUT2D eigenvalue weighted by atomic mass is 10.3. The Labute approximate surface area is 116 Å². The second-order valence-electron chi connectivity index (χ2n) is 3.38. The molecule has 0 aromatic carbocycles. The summed E-state index contributed by atoms with van der Waals surface area (Å²) >= 11 is 10.6. The third kappa shape index (κ3) is 3.06. The van der Waals surface area contributed by atoms with Crippen LogP contribution in [0.3, 0.4) is 0 Å². The minimum absolute atomic E-state index is 0.182. The molecular weight excluding hydrogens is 324 g/mol. The topological polar surface area (TPSA) is 42.0 Å². The van der Waals surface area contributed by atoms with E-state index in [1.54, 1.807) is 18.3 Å². The number of halogens is 2. The Morgan fingerprint density at radius 2 is 2.29 bits per heavy atom. The van der Waals surface area contributed by atoms with Gasteiger partial charge in [-0.15, -0.1) is 11.3 Å². The van der Waals surface area contributed by atoms with Crippen molar-refractivity contribution in [1.82, 2.24) is 4.98 Å². The highest BCUT2D eigenvalue weighted by molar-refractivity contribution is 9.11. The Bertz CT molecular complexity index is 551. The van der Waals surface area contributed by atoms with Crippen LogP contribution in [0.4, 0.5) is 5.82 Å². The van der Waals surface area contributed by atoms with E-state index in [1.165, 1.54) is 11.3 Å². The molecule has 1 N–H and O–H groups in total. The Balaban J connectivity index is 2.17. The summed E-state index contributed by atoms with van der Waals surface area (Å²) < 4.78 is 0.960. The number of rotatable bonds is 2. The number of thiophene rings is 1. The summed E-state index contributed by atoms with van der Waals surface area (Å²) in [5.41, 5.74) is 1.04. The number of anilines is 1. The fourth-order valence-corrected chi connectivity index (χ4v) is 2.81. The molecule has 2 heterocycles. The van der Waals surface area contributed by atoms with Crippen LogP contribution in [0.15, 0.2) is 28.2 Å². The summed E-state index contributed by atoms with van der Waals surface area (Å²) in [5, 5.41) is 3.24. The number of aryl methyl sites for hydroxylation is 1. The van der Waals surface area contributed by atoms with E-state index in [2.05, 4.69) is 26.2 Å². The molecule has 2 aromatic rings. The highest BCUT2D eigenvalue weighted by atomic mass is 79.9. The maximum atomic E-state index is 11.9. The van der Waals surface area contributed by atoms with Gasteiger partial charge in [-0.1, -0.05) is 11.6 Å². The first-order valence-electron chi connectivity index (χ1n) is 4.75. The molecule has 0 spiro atoms. The third-order valence-corrected chi connectivity index (χ3v) is 4.42. The van der Waals surface area contributed by atoms with Crippen molar-refractivity contribution in [1.29, 1.82) is 0 Å². The SMILES string of the molecule is Cc1cc(C(=O)Nc2cc(Cl)ccn2)sc1Br. The number of hydrogen-bond donors (Lipinski definition) is 1. The molecule has 0 aliphatic heterocycles. The number of hydrogen-bond acceptors (Lipinski definition) is 3. The van der Waals surface area contributed by atoms with Gasteiger partial charge in [0.2, 0.25) is 0 Å². The van der Waals surface area contributed by atoms with E-state index >= 15 is 0 Å². The molecule has 0 aliphatic carbocycles. The molecule has 0 saturated heterocycles. The van der Waals surface area contributed by atoms with Gasteiger partial charge in [0.15, 0.2) is 0 Å². The van der Waals surface area contributed by atoms with Crippen molar-refractivity contribution in [3.8, 4) is 0 Å². The van der Waals surface area contributed by atoms with E-state index in [0.29, 0.717) is 15.7 Å². The molecule has 0 bridgehead atoms. The number of pyridine rings is 1. The van der Waals surface area contributed by atoms with E-state index in [4.69, 9.17) is 11.6 Å². The third-order valence-electron chi connectivity index (χ3n) is 2.04. The van der Waals surface area contributed by atoms with E-state index in [-0.39, 0.29) is 5.91 Å². The lowest BCUT2D eigenvalue weighted by molar-refractivity contribution is 0.103. The number of amides is 1. The van der Waals surface area contributed by atoms with Gasteiger partial charge < -0.3 is 5.32 Å². The van der Waals surface area contributed by atoms with Crippen LogP contribution in [-0.4, -0.2) is 10.9 Å². The average molecular weight is 332 g/mol. The molecule has 0 radical (unpaired) electrons. The monoisotopic (exact) mass is 330 g/mol. The van der Waals surface area contributed by atoms with Gasteiger partial charge in [0.05, 0.1) is 8.66 Å². The van der Waals surface area contributed by atoms with Crippen LogP contribution in [0.25, 0.3) is 0 Å². The number of aromatic nitrogens is 1. The van der Waals surface area contributed by atoms with E-state index in [1.807, 2.05) is 13.0 Å². The molecule has 0 saturated carbocycles. The average Bonchev–Trinajstić information content (AvgIpc) is 2.59. The predicted molar refractivity (Wildman–Crippen MR) is 74.0 cm³/mol. The molecular formula is C11H8BrClN2OS. The number of carbonyl (C=O) groups excluding carboxylic acids is 1. The van der Waals surface area contributed by atoms with Crippen LogP contribution < -0.4 is 5.32 Å². The lowest BCUT2D eigenvalue weighted by Gasteiger charge is -2.02. The van der Waals surface area contributed by atoms with Gasteiger partial charge >= 0.3 is 0 Å². The number of nitrogens with zero attached hydrogens (tertiary/aromatic N) is 1. The van der Waals surface area contributed by atoms with Gasteiger partial charge in [-0.05, 0) is 46.6 Å². The maximum Gasteiger partial charge on any atom is 0.266 e. The smallest absolute Gasteiger partial charge is 0.266 e. The second-order valence-corrected chi connectivity index (χ2v) is 6.19. The fourth-order valence-electron chi connectivity index (χ4n) is 1.22. The van der Waals surface area contributed by atoms with Crippen molar-refractivity contribution in [3.63, 3.8) is 0 Å². The first-order valence-corrected chi connectivity index (χ1v) is 6.74. The molecule has 0 aliphatic rings. The van der Waals surface area contributed by atoms with Gasteiger partial charge in [-0.2, -0.15) is 0 Å². The summed E-state index contributed by atoms with van der Waals surface area (Å²) in [6.45, 7) is 1.94. The molecule has 0 fully saturated rings. The molecule has 2 rings (SSSR count). The van der Waals surface area contributed by atoms with Crippen molar-refractivity contribution in [2.45, 2.75) is 6.92 Å². The first kappa shape index (κ1) is 12.5. The summed E-state index contributed by atoms with van der Waals surface area (Å²) in [7, 11) is 0. The largest absolute Gasteiger partial charge is 0.306 e. The van der Waals surface area contributed by atoms with Crippen molar-refractivity contribution in [2.24, 2.45) is 0 Å². The van der Waals surface area contributed by atoms with E-state index in [0.717, 1.165) is 9.35 Å². The van der Waals surface area contributed by atoms with Crippen LogP contribution >= 0.6 is 38.9 Å². The maximum absolute atomic E-state index is 11.9. The van der Waals surface area contributed by atoms with Crippen molar-refractivity contribution < 1.29 is 4.79 Å². The first-order chi connectivity index (χ1) is 8.06. The highest BCUT2D eigenvalue weighted by Crippen LogP contribution is 2.27. The van der Waals surface area contributed by atoms with E-state index in [9.17, 15) is 4.79 Å². The Morgan fingerprint density at radius 3 is 2.88 bits per heavy atom. The molecule has 0 atom stereocenters. The molecule has 88 valence electrons. The van der Waals surface area contributed by atoms with Gasteiger partial charge in [-0.25, -0.2) is 4.98 Å². The van der Waals surface area contributed by atoms with Crippen LogP contribution in [-0.2, 0) is 0 Å². The minimum Gasteiger partial charge on any atom is -0.306 e. The summed E-state index contributed by atoms with van der Waals surface area (Å²) in [5.74, 6) is 0.267. The minimum atomic E-state index is -0.182. The zero-order valence-corrected chi connectivity index (χ0v) is 12.0. The van der Waals surface area contributed by atoms with Crippen LogP contribution in [0.5, 0.6) is 0 Å². The zero-order valence-electron chi connectivity index (χ0n) is 8.83. The highest BCUT2D eigenvalue weighted by Gasteiger charge is 2.11. The fraction of sp³-hybridized carbons (Fsp3) is 0.0909. The Morgan fingerprint density at radius 1 is 1.53 bits per heavy atom. The summed E-state index contributed by atoms with van der Waals surface area (Å²) in [6, 6.07) is 5.09. The molecule has 2 aromatic heterocycles.